The molecule has 0 fully saturated rings. The van der Waals surface area contributed by atoms with Crippen molar-refractivity contribution in [2.24, 2.45) is 0 Å². The van der Waals surface area contributed by atoms with E-state index in [1.165, 1.54) is 38.4 Å². The minimum Gasteiger partial charge on any atom is -0.360 e. The van der Waals surface area contributed by atoms with E-state index in [9.17, 15) is 18.0 Å². The van der Waals surface area contributed by atoms with Gasteiger partial charge in [-0.25, -0.2) is 12.7 Å². The molecule has 0 aliphatic rings. The smallest absolute Gasteiger partial charge is 0.251 e. The summed E-state index contributed by atoms with van der Waals surface area (Å²) in [6, 6.07) is 7.15. The van der Waals surface area contributed by atoms with E-state index in [1.54, 1.807) is 13.0 Å². The van der Waals surface area contributed by atoms with Gasteiger partial charge in [-0.15, -0.1) is 0 Å². The molecule has 26 heavy (non-hydrogen) atoms. The van der Waals surface area contributed by atoms with Crippen LogP contribution in [0.2, 0.25) is 0 Å². The second-order valence-corrected chi connectivity index (χ2v) is 7.84. The number of carbonyl (C=O) groups is 2. The predicted molar refractivity (Wildman–Crippen MR) is 94.1 cm³/mol. The first-order chi connectivity index (χ1) is 12.2. The summed E-state index contributed by atoms with van der Waals surface area (Å²) < 4.78 is 29.9. The Morgan fingerprint density at radius 3 is 2.38 bits per heavy atom. The van der Waals surface area contributed by atoms with E-state index in [-0.39, 0.29) is 23.8 Å². The first-order valence-corrected chi connectivity index (χ1v) is 9.18. The molecule has 2 N–H and O–H groups in total. The van der Waals surface area contributed by atoms with Crippen LogP contribution in [0.5, 0.6) is 0 Å². The van der Waals surface area contributed by atoms with E-state index in [1.807, 2.05) is 0 Å². The minimum atomic E-state index is -3.54. The Bertz CT molecular complexity index is 888. The lowest BCUT2D eigenvalue weighted by molar-refractivity contribution is -0.116. The normalized spacial score (nSPS) is 11.4. The maximum atomic E-state index is 12.1. The molecule has 1 aromatic carbocycles. The second kappa shape index (κ2) is 8.11. The van der Waals surface area contributed by atoms with Gasteiger partial charge in [-0.1, -0.05) is 5.16 Å². The predicted octanol–water partition coefficient (Wildman–Crippen LogP) is 0.992. The Kier molecular flexibility index (Phi) is 6.11. The Hall–Kier alpha value is -2.72. The van der Waals surface area contributed by atoms with Crippen molar-refractivity contribution in [3.05, 3.63) is 41.7 Å². The largest absolute Gasteiger partial charge is 0.360 e. The Morgan fingerprint density at radius 1 is 1.19 bits per heavy atom. The van der Waals surface area contributed by atoms with Crippen molar-refractivity contribution in [1.82, 2.24) is 14.8 Å². The van der Waals surface area contributed by atoms with Gasteiger partial charge in [0.25, 0.3) is 5.91 Å². The van der Waals surface area contributed by atoms with Crippen LogP contribution in [0.1, 0.15) is 22.5 Å². The zero-order valence-corrected chi connectivity index (χ0v) is 15.5. The second-order valence-electron chi connectivity index (χ2n) is 5.69. The van der Waals surface area contributed by atoms with E-state index >= 15 is 0 Å². The number of carbonyl (C=O) groups excluding carboxylic acids is 2. The fourth-order valence-corrected chi connectivity index (χ4v) is 2.91. The average molecular weight is 380 g/mol. The first kappa shape index (κ1) is 19.6. The molecule has 0 saturated carbocycles. The lowest BCUT2D eigenvalue weighted by Crippen LogP contribution is -2.28. The number of rotatable bonds is 7. The number of hydrogen-bond donors (Lipinski definition) is 2. The summed E-state index contributed by atoms with van der Waals surface area (Å²) in [7, 11) is -0.677. The maximum absolute atomic E-state index is 12.1. The highest BCUT2D eigenvalue weighted by molar-refractivity contribution is 7.89. The molecular formula is C16H20N4O5S. The average Bonchev–Trinajstić information content (AvgIpc) is 2.99. The summed E-state index contributed by atoms with van der Waals surface area (Å²) in [6.45, 7) is 1.83. The van der Waals surface area contributed by atoms with Crippen molar-refractivity contribution in [2.45, 2.75) is 18.2 Å². The molecule has 0 bridgehead atoms. The monoisotopic (exact) mass is 380 g/mol. The third-order valence-electron chi connectivity index (χ3n) is 3.43. The zero-order chi connectivity index (χ0) is 19.3. The van der Waals surface area contributed by atoms with Gasteiger partial charge in [0.05, 0.1) is 4.90 Å². The van der Waals surface area contributed by atoms with Crippen molar-refractivity contribution < 1.29 is 22.5 Å². The van der Waals surface area contributed by atoms with Crippen LogP contribution in [0.3, 0.4) is 0 Å². The number of benzene rings is 1. The molecule has 0 aliphatic heterocycles. The van der Waals surface area contributed by atoms with Crippen LogP contribution in [0.25, 0.3) is 0 Å². The van der Waals surface area contributed by atoms with Crippen LogP contribution in [0, 0.1) is 6.92 Å². The number of nitrogens with one attached hydrogen (secondary N) is 2. The molecule has 10 heteroatoms. The molecule has 0 saturated heterocycles. The number of sulfonamides is 1. The summed E-state index contributed by atoms with van der Waals surface area (Å²) in [4.78, 5) is 23.9. The van der Waals surface area contributed by atoms with Gasteiger partial charge in [-0.05, 0) is 31.2 Å². The minimum absolute atomic E-state index is 0.0603. The molecule has 0 spiro atoms. The molecule has 140 valence electrons. The van der Waals surface area contributed by atoms with Crippen molar-refractivity contribution in [1.29, 1.82) is 0 Å². The molecule has 0 unspecified atom stereocenters. The van der Waals surface area contributed by atoms with E-state index < -0.39 is 15.9 Å². The zero-order valence-electron chi connectivity index (χ0n) is 14.6. The van der Waals surface area contributed by atoms with Gasteiger partial charge < -0.3 is 15.2 Å². The first-order valence-electron chi connectivity index (χ1n) is 7.74. The summed E-state index contributed by atoms with van der Waals surface area (Å²) in [5.74, 6) is 0.180. The van der Waals surface area contributed by atoms with Crippen LogP contribution >= 0.6 is 0 Å². The topological polar surface area (TPSA) is 122 Å². The number of amides is 2. The summed E-state index contributed by atoms with van der Waals surface area (Å²) in [5, 5.41) is 8.78. The highest BCUT2D eigenvalue weighted by Gasteiger charge is 2.17. The molecule has 0 atom stereocenters. The highest BCUT2D eigenvalue weighted by Crippen LogP contribution is 2.14. The van der Waals surface area contributed by atoms with Gasteiger partial charge in [-0.3, -0.25) is 9.59 Å². The van der Waals surface area contributed by atoms with E-state index in [0.29, 0.717) is 17.1 Å². The SMILES string of the molecule is Cc1cc(NC(=O)CCNC(=O)c2ccc(S(=O)(=O)N(C)C)cc2)no1. The van der Waals surface area contributed by atoms with Gasteiger partial charge in [0.2, 0.25) is 15.9 Å². The number of aromatic nitrogens is 1. The molecule has 1 aromatic heterocycles. The van der Waals surface area contributed by atoms with Crippen LogP contribution in [-0.2, 0) is 14.8 Å². The highest BCUT2D eigenvalue weighted by atomic mass is 32.2. The lowest BCUT2D eigenvalue weighted by atomic mass is 10.2. The van der Waals surface area contributed by atoms with Crippen LogP contribution < -0.4 is 10.6 Å². The fraction of sp³-hybridized carbons (Fsp3) is 0.312. The quantitative estimate of drug-likeness (QED) is 0.739. The van der Waals surface area contributed by atoms with Crippen LogP contribution in [-0.4, -0.2) is 50.3 Å². The summed E-state index contributed by atoms with van der Waals surface area (Å²) >= 11 is 0. The van der Waals surface area contributed by atoms with Gasteiger partial charge in [0.15, 0.2) is 5.82 Å². The van der Waals surface area contributed by atoms with Gasteiger partial charge in [-0.2, -0.15) is 0 Å². The van der Waals surface area contributed by atoms with E-state index in [0.717, 1.165) is 4.31 Å². The van der Waals surface area contributed by atoms with Crippen molar-refractivity contribution in [3.8, 4) is 0 Å². The third-order valence-corrected chi connectivity index (χ3v) is 5.26. The molecule has 0 radical (unpaired) electrons. The molecule has 9 nitrogen and oxygen atoms in total. The molecule has 2 amide bonds. The molecular weight excluding hydrogens is 360 g/mol. The van der Waals surface area contributed by atoms with Gasteiger partial charge in [0.1, 0.15) is 5.76 Å². The molecule has 2 aromatic rings. The Labute approximate surface area is 151 Å². The van der Waals surface area contributed by atoms with Crippen molar-refractivity contribution in [2.75, 3.05) is 26.0 Å². The summed E-state index contributed by atoms with van der Waals surface area (Å²) in [6.07, 6.45) is 0.0603. The molecule has 2 rings (SSSR count). The Morgan fingerprint density at radius 2 is 1.85 bits per heavy atom. The number of hydrogen-bond acceptors (Lipinski definition) is 6. The number of aryl methyl sites for hydroxylation is 1. The summed E-state index contributed by atoms with van der Waals surface area (Å²) in [5.41, 5.74) is 0.301. The maximum Gasteiger partial charge on any atom is 0.251 e. The van der Waals surface area contributed by atoms with Crippen LogP contribution in [0.15, 0.2) is 39.8 Å². The molecule has 0 aliphatic carbocycles. The van der Waals surface area contributed by atoms with Crippen molar-refractivity contribution in [3.63, 3.8) is 0 Å². The van der Waals surface area contributed by atoms with E-state index in [2.05, 4.69) is 15.8 Å². The third kappa shape index (κ3) is 4.90. The van der Waals surface area contributed by atoms with Crippen molar-refractivity contribution >= 4 is 27.7 Å². The molecule has 1 heterocycles. The standard InChI is InChI=1S/C16H20N4O5S/c1-11-10-14(19-25-11)18-15(21)8-9-17-16(22)12-4-6-13(7-5-12)26(23,24)20(2)3/h4-7,10H,8-9H2,1-3H3,(H,17,22)(H,18,19,21). The number of anilines is 1. The lowest BCUT2D eigenvalue weighted by Gasteiger charge is -2.11. The Balaban J connectivity index is 1.85. The van der Waals surface area contributed by atoms with Gasteiger partial charge in [0, 0.05) is 38.7 Å². The van der Waals surface area contributed by atoms with E-state index in [4.69, 9.17) is 4.52 Å². The number of nitrogens with zero attached hydrogens (tertiary/aromatic N) is 2. The van der Waals surface area contributed by atoms with Gasteiger partial charge >= 0.3 is 0 Å². The fourth-order valence-electron chi connectivity index (χ4n) is 2.01. The van der Waals surface area contributed by atoms with Crippen LogP contribution in [0.4, 0.5) is 5.82 Å².